The van der Waals surface area contributed by atoms with Crippen molar-refractivity contribution in [1.29, 1.82) is 0 Å². The Morgan fingerprint density at radius 3 is 2.44 bits per heavy atom. The molecule has 2 rings (SSSR count). The molecule has 2 aromatic carbocycles. The largest absolute Gasteiger partial charge is 0.494 e. The predicted molar refractivity (Wildman–Crippen MR) is 108 cm³/mol. The summed E-state index contributed by atoms with van der Waals surface area (Å²) < 4.78 is 33.3. The van der Waals surface area contributed by atoms with Crippen LogP contribution in [0.3, 0.4) is 0 Å². The van der Waals surface area contributed by atoms with Crippen LogP contribution in [0.2, 0.25) is 0 Å². The summed E-state index contributed by atoms with van der Waals surface area (Å²) >= 11 is 3.45. The first-order chi connectivity index (χ1) is 12.8. The van der Waals surface area contributed by atoms with E-state index in [0.717, 1.165) is 10.0 Å². The molecule has 27 heavy (non-hydrogen) atoms. The Bertz CT molecular complexity index is 870. The first kappa shape index (κ1) is 21.4. The molecule has 0 aliphatic heterocycles. The summed E-state index contributed by atoms with van der Waals surface area (Å²) in [5.41, 5.74) is 0.989. The Morgan fingerprint density at radius 1 is 1.15 bits per heavy atom. The monoisotopic (exact) mass is 454 g/mol. The number of hydrogen-bond donors (Lipinski definition) is 1. The molecule has 0 radical (unpaired) electrons. The van der Waals surface area contributed by atoms with Crippen LogP contribution in [-0.2, 0) is 21.4 Å². The molecule has 0 atom stereocenters. The summed E-state index contributed by atoms with van der Waals surface area (Å²) in [6.07, 6.45) is 0.0806. The molecular formula is C19H23BrN2O4S. The molecule has 146 valence electrons. The van der Waals surface area contributed by atoms with Crippen LogP contribution in [0.25, 0.3) is 0 Å². The Morgan fingerprint density at radius 2 is 1.81 bits per heavy atom. The van der Waals surface area contributed by atoms with Crippen LogP contribution in [0.5, 0.6) is 5.75 Å². The molecule has 2 aromatic rings. The minimum absolute atomic E-state index is 0.0364. The topological polar surface area (TPSA) is 75.7 Å². The number of carbonyl (C=O) groups is 1. The molecule has 0 bridgehead atoms. The molecule has 0 aliphatic carbocycles. The number of benzene rings is 2. The van der Waals surface area contributed by atoms with Gasteiger partial charge in [-0.1, -0.05) is 34.1 Å². The highest BCUT2D eigenvalue weighted by Crippen LogP contribution is 2.18. The maximum Gasteiger partial charge on any atom is 0.240 e. The number of sulfonamides is 1. The third-order valence-electron chi connectivity index (χ3n) is 3.87. The number of halogens is 1. The number of rotatable bonds is 9. The second-order valence-electron chi connectivity index (χ2n) is 5.89. The van der Waals surface area contributed by atoms with Crippen molar-refractivity contribution in [3.63, 3.8) is 0 Å². The van der Waals surface area contributed by atoms with Crippen LogP contribution < -0.4 is 9.46 Å². The Balaban J connectivity index is 1.86. The molecule has 0 saturated carbocycles. The molecule has 1 N–H and O–H groups in total. The second kappa shape index (κ2) is 9.87. The summed E-state index contributed by atoms with van der Waals surface area (Å²) in [7, 11) is -1.97. The van der Waals surface area contributed by atoms with Gasteiger partial charge in [0.1, 0.15) is 5.75 Å². The quantitative estimate of drug-likeness (QED) is 0.631. The highest BCUT2D eigenvalue weighted by atomic mass is 79.9. The number of carbonyl (C=O) groups excluding carboxylic acids is 1. The first-order valence-corrected chi connectivity index (χ1v) is 10.8. The van der Waals surface area contributed by atoms with E-state index in [9.17, 15) is 13.2 Å². The van der Waals surface area contributed by atoms with E-state index in [1.165, 1.54) is 12.1 Å². The van der Waals surface area contributed by atoms with Gasteiger partial charge < -0.3 is 9.64 Å². The number of nitrogens with zero attached hydrogens (tertiary/aromatic N) is 1. The van der Waals surface area contributed by atoms with Crippen LogP contribution in [0.4, 0.5) is 0 Å². The fraction of sp³-hybridized carbons (Fsp3) is 0.316. The van der Waals surface area contributed by atoms with Crippen LogP contribution in [0.15, 0.2) is 57.9 Å². The van der Waals surface area contributed by atoms with Gasteiger partial charge in [0.25, 0.3) is 0 Å². The van der Waals surface area contributed by atoms with Gasteiger partial charge in [0.05, 0.1) is 11.5 Å². The lowest BCUT2D eigenvalue weighted by Crippen LogP contribution is -2.32. The lowest BCUT2D eigenvalue weighted by molar-refractivity contribution is -0.130. The maximum atomic E-state index is 12.3. The fourth-order valence-electron chi connectivity index (χ4n) is 2.42. The molecule has 0 heterocycles. The Hall–Kier alpha value is -1.90. The summed E-state index contributed by atoms with van der Waals surface area (Å²) in [4.78, 5) is 14.0. The minimum Gasteiger partial charge on any atom is -0.494 e. The van der Waals surface area contributed by atoms with Crippen LogP contribution in [0, 0.1) is 0 Å². The van der Waals surface area contributed by atoms with Crippen LogP contribution >= 0.6 is 15.9 Å². The third-order valence-corrected chi connectivity index (χ3v) is 6.12. The number of amides is 1. The van der Waals surface area contributed by atoms with Gasteiger partial charge in [-0.05, 0) is 42.8 Å². The van der Waals surface area contributed by atoms with Crippen molar-refractivity contribution in [2.45, 2.75) is 24.8 Å². The van der Waals surface area contributed by atoms with Gasteiger partial charge in [-0.3, -0.25) is 4.79 Å². The highest BCUT2D eigenvalue weighted by Gasteiger charge is 2.16. The predicted octanol–water partition coefficient (Wildman–Crippen LogP) is 3.17. The molecule has 0 fully saturated rings. The van der Waals surface area contributed by atoms with Crippen molar-refractivity contribution in [2.75, 3.05) is 20.2 Å². The van der Waals surface area contributed by atoms with Crippen molar-refractivity contribution < 1.29 is 17.9 Å². The van der Waals surface area contributed by atoms with E-state index in [1.807, 2.05) is 31.2 Å². The molecule has 0 unspecified atom stereocenters. The smallest absolute Gasteiger partial charge is 0.240 e. The summed E-state index contributed by atoms with van der Waals surface area (Å²) in [5.74, 6) is 0.473. The van der Waals surface area contributed by atoms with Gasteiger partial charge >= 0.3 is 0 Å². The highest BCUT2D eigenvalue weighted by molar-refractivity contribution is 9.10. The van der Waals surface area contributed by atoms with Gasteiger partial charge in [0, 0.05) is 31.0 Å². The molecular weight excluding hydrogens is 432 g/mol. The summed E-state index contributed by atoms with van der Waals surface area (Å²) in [5, 5.41) is 0. The maximum absolute atomic E-state index is 12.3. The molecule has 0 spiro atoms. The zero-order chi connectivity index (χ0) is 19.9. The number of nitrogens with one attached hydrogen (secondary N) is 1. The van der Waals surface area contributed by atoms with Gasteiger partial charge in [-0.2, -0.15) is 0 Å². The fourth-order valence-corrected chi connectivity index (χ4v) is 3.86. The molecule has 0 aliphatic rings. The minimum atomic E-state index is -3.66. The van der Waals surface area contributed by atoms with Crippen molar-refractivity contribution in [2.24, 2.45) is 0 Å². The Kier molecular flexibility index (Phi) is 7.82. The number of hydrogen-bond acceptors (Lipinski definition) is 4. The second-order valence-corrected chi connectivity index (χ2v) is 8.51. The van der Waals surface area contributed by atoms with E-state index in [0.29, 0.717) is 18.9 Å². The average Bonchev–Trinajstić information content (AvgIpc) is 2.64. The van der Waals surface area contributed by atoms with Crippen LogP contribution in [-0.4, -0.2) is 39.4 Å². The van der Waals surface area contributed by atoms with E-state index in [-0.39, 0.29) is 23.8 Å². The zero-order valence-electron chi connectivity index (χ0n) is 15.3. The van der Waals surface area contributed by atoms with E-state index >= 15 is 0 Å². The van der Waals surface area contributed by atoms with E-state index in [2.05, 4.69) is 20.7 Å². The normalized spacial score (nSPS) is 11.2. The van der Waals surface area contributed by atoms with Crippen molar-refractivity contribution >= 4 is 31.9 Å². The van der Waals surface area contributed by atoms with Gasteiger partial charge in [0.2, 0.25) is 15.9 Å². The van der Waals surface area contributed by atoms with Crippen molar-refractivity contribution in [1.82, 2.24) is 9.62 Å². The molecule has 0 aromatic heterocycles. The van der Waals surface area contributed by atoms with Gasteiger partial charge in [-0.25, -0.2) is 13.1 Å². The average molecular weight is 455 g/mol. The molecule has 8 heteroatoms. The Labute approximate surface area is 168 Å². The van der Waals surface area contributed by atoms with Gasteiger partial charge in [0.15, 0.2) is 0 Å². The van der Waals surface area contributed by atoms with Crippen molar-refractivity contribution in [3.8, 4) is 5.75 Å². The number of ether oxygens (including phenoxy) is 1. The van der Waals surface area contributed by atoms with E-state index < -0.39 is 10.0 Å². The standard InChI is InChI=1S/C19H23BrN2O4S/c1-3-26-16-8-10-17(11-9-16)27(24,25)21-13-12-19(23)22(2)14-15-6-4-5-7-18(15)20/h4-11,21H,3,12-14H2,1-2H3. The first-order valence-electron chi connectivity index (χ1n) is 8.53. The summed E-state index contributed by atoms with van der Waals surface area (Å²) in [6.45, 7) is 2.86. The zero-order valence-corrected chi connectivity index (χ0v) is 17.7. The third kappa shape index (κ3) is 6.34. The van der Waals surface area contributed by atoms with E-state index in [4.69, 9.17) is 4.74 Å². The lowest BCUT2D eigenvalue weighted by Gasteiger charge is -2.18. The van der Waals surface area contributed by atoms with Gasteiger partial charge in [-0.15, -0.1) is 0 Å². The molecule has 6 nitrogen and oxygen atoms in total. The SMILES string of the molecule is CCOc1ccc(S(=O)(=O)NCCC(=O)N(C)Cc2ccccc2Br)cc1. The molecule has 0 saturated heterocycles. The summed E-state index contributed by atoms with van der Waals surface area (Å²) in [6, 6.07) is 13.8. The van der Waals surface area contributed by atoms with Crippen LogP contribution in [0.1, 0.15) is 18.9 Å². The lowest BCUT2D eigenvalue weighted by atomic mass is 10.2. The molecule has 1 amide bonds. The van der Waals surface area contributed by atoms with E-state index in [1.54, 1.807) is 24.1 Å². The van der Waals surface area contributed by atoms with Crippen molar-refractivity contribution in [3.05, 3.63) is 58.6 Å².